The van der Waals surface area contributed by atoms with E-state index in [1.807, 2.05) is 12.1 Å². The molecule has 0 saturated heterocycles. The Bertz CT molecular complexity index is 1180. The van der Waals surface area contributed by atoms with Gasteiger partial charge in [-0.05, 0) is 42.7 Å². The van der Waals surface area contributed by atoms with Crippen molar-refractivity contribution in [3.8, 4) is 11.1 Å². The van der Waals surface area contributed by atoms with Crippen molar-refractivity contribution in [2.24, 2.45) is 0 Å². The van der Waals surface area contributed by atoms with E-state index in [1.54, 1.807) is 36.9 Å². The lowest BCUT2D eigenvalue weighted by Crippen LogP contribution is -2.37. The van der Waals surface area contributed by atoms with Crippen LogP contribution in [0.1, 0.15) is 47.5 Å². The molecule has 168 valence electrons. The number of rotatable bonds is 4. The third-order valence-corrected chi connectivity index (χ3v) is 6.83. The first-order valence-corrected chi connectivity index (χ1v) is 11.2. The number of hydrogen-bond donors (Lipinski definition) is 0. The Kier molecular flexibility index (Phi) is 5.94. The van der Waals surface area contributed by atoms with Crippen LogP contribution in [0.2, 0.25) is 4.34 Å². The van der Waals surface area contributed by atoms with Crippen LogP contribution >= 0.6 is 22.9 Å². The number of benzene rings is 1. The maximum Gasteiger partial charge on any atom is 0.435 e. The molecule has 1 atom stereocenters. The van der Waals surface area contributed by atoms with Crippen molar-refractivity contribution in [1.29, 1.82) is 0 Å². The second-order valence-corrected chi connectivity index (χ2v) is 9.72. The number of thiophene rings is 1. The van der Waals surface area contributed by atoms with E-state index in [-0.39, 0.29) is 23.4 Å². The number of alkyl halides is 3. The fraction of sp³-hybridized carbons (Fsp3) is 0.304. The van der Waals surface area contributed by atoms with E-state index >= 15 is 0 Å². The van der Waals surface area contributed by atoms with E-state index in [2.05, 4.69) is 11.7 Å². The Labute approximate surface area is 192 Å². The summed E-state index contributed by atoms with van der Waals surface area (Å²) in [6.07, 6.45) is -1.91. The predicted molar refractivity (Wildman–Crippen MR) is 120 cm³/mol. The van der Waals surface area contributed by atoms with Crippen LogP contribution in [-0.4, -0.2) is 27.1 Å². The zero-order chi connectivity index (χ0) is 23.2. The van der Waals surface area contributed by atoms with Crippen LogP contribution in [-0.2, 0) is 17.5 Å². The highest BCUT2D eigenvalue weighted by Crippen LogP contribution is 2.45. The van der Waals surface area contributed by atoms with Gasteiger partial charge in [-0.15, -0.1) is 11.3 Å². The topological polar surface area (TPSA) is 38.1 Å². The van der Waals surface area contributed by atoms with Crippen LogP contribution in [0.5, 0.6) is 0 Å². The minimum Gasteiger partial charge on any atom is -0.333 e. The number of aromatic nitrogens is 2. The molecule has 1 aromatic carbocycles. The number of fused-ring (bicyclic) bond motifs is 1. The zero-order valence-electron chi connectivity index (χ0n) is 17.5. The number of hydrogen-bond acceptors (Lipinski definition) is 3. The molecule has 2 aromatic heterocycles. The monoisotopic (exact) mass is 479 g/mol. The summed E-state index contributed by atoms with van der Waals surface area (Å²) < 4.78 is 43.6. The van der Waals surface area contributed by atoms with Gasteiger partial charge in [0.05, 0.1) is 10.9 Å². The summed E-state index contributed by atoms with van der Waals surface area (Å²) in [7, 11) is 0. The summed E-state index contributed by atoms with van der Waals surface area (Å²) in [5.41, 5.74) is 1.18. The quantitative estimate of drug-likeness (QED) is 0.399. The molecule has 0 bridgehead atoms. The number of amides is 1. The molecule has 1 aliphatic rings. The average Bonchev–Trinajstić information content (AvgIpc) is 3.35. The van der Waals surface area contributed by atoms with E-state index in [0.717, 1.165) is 10.4 Å². The molecule has 0 unspecified atom stereocenters. The average molecular weight is 480 g/mol. The lowest BCUT2D eigenvalue weighted by atomic mass is 9.84. The highest BCUT2D eigenvalue weighted by molar-refractivity contribution is 7.16. The normalized spacial score (nSPS) is 16.3. The predicted octanol–water partition coefficient (Wildman–Crippen LogP) is 6.52. The van der Waals surface area contributed by atoms with Gasteiger partial charge in [0.1, 0.15) is 0 Å². The fourth-order valence-corrected chi connectivity index (χ4v) is 5.41. The molecule has 9 heteroatoms. The van der Waals surface area contributed by atoms with Gasteiger partial charge in [0.25, 0.3) is 0 Å². The molecule has 32 heavy (non-hydrogen) atoms. The third-order valence-electron chi connectivity index (χ3n) is 5.57. The lowest BCUT2D eigenvalue weighted by Gasteiger charge is -2.33. The van der Waals surface area contributed by atoms with Gasteiger partial charge in [-0.3, -0.25) is 9.48 Å². The van der Waals surface area contributed by atoms with E-state index in [0.29, 0.717) is 28.6 Å². The summed E-state index contributed by atoms with van der Waals surface area (Å²) in [6.45, 7) is 7.85. The first-order valence-electron chi connectivity index (χ1n) is 10.0. The van der Waals surface area contributed by atoms with Gasteiger partial charge >= 0.3 is 6.18 Å². The van der Waals surface area contributed by atoms with Gasteiger partial charge in [0.2, 0.25) is 5.91 Å². The molecular weight excluding hydrogens is 459 g/mol. The molecule has 3 aromatic rings. The van der Waals surface area contributed by atoms with Crippen molar-refractivity contribution >= 4 is 28.8 Å². The van der Waals surface area contributed by atoms with Crippen molar-refractivity contribution in [2.45, 2.75) is 38.5 Å². The van der Waals surface area contributed by atoms with Gasteiger partial charge < -0.3 is 4.90 Å². The first-order chi connectivity index (χ1) is 15.1. The maximum atomic E-state index is 13.9. The van der Waals surface area contributed by atoms with E-state index in [1.165, 1.54) is 28.3 Å². The summed E-state index contributed by atoms with van der Waals surface area (Å²) in [4.78, 5) is 15.0. The van der Waals surface area contributed by atoms with Crippen LogP contribution in [0.25, 0.3) is 11.1 Å². The number of carbonyl (C=O) groups is 1. The van der Waals surface area contributed by atoms with E-state index < -0.39 is 11.9 Å². The van der Waals surface area contributed by atoms with Crippen molar-refractivity contribution in [3.63, 3.8) is 0 Å². The SMILES string of the molecule is C=CC(=O)N1Cc2sc(Cl)cc2[C@H](c2ccccc2-c2cn(C(C)C)nc2C(F)(F)F)C1. The standard InChI is InChI=1S/C23H21ClF3N3OS/c1-4-21(31)29-10-17(16-9-20(24)32-19(16)12-29)14-7-5-6-8-15(14)18-11-30(13(2)3)28-22(18)23(25,26)27/h4-9,11,13,17H,1,10,12H2,2-3H3/t17-/m0/s1. The number of halogens is 4. The van der Waals surface area contributed by atoms with Gasteiger partial charge in [-0.2, -0.15) is 18.3 Å². The molecule has 1 amide bonds. The van der Waals surface area contributed by atoms with Crippen molar-refractivity contribution in [3.05, 3.63) is 75.2 Å². The Morgan fingerprint density at radius 1 is 1.28 bits per heavy atom. The molecule has 0 spiro atoms. The highest BCUT2D eigenvalue weighted by atomic mass is 35.5. The van der Waals surface area contributed by atoms with Gasteiger partial charge in [-0.25, -0.2) is 0 Å². The number of nitrogens with zero attached hydrogens (tertiary/aromatic N) is 3. The molecular formula is C23H21ClF3N3OS. The molecule has 0 fully saturated rings. The molecule has 4 nitrogen and oxygen atoms in total. The van der Waals surface area contributed by atoms with Crippen LogP contribution in [0.3, 0.4) is 0 Å². The second-order valence-electron chi connectivity index (χ2n) is 7.95. The van der Waals surface area contributed by atoms with Crippen molar-refractivity contribution in [2.75, 3.05) is 6.54 Å². The maximum absolute atomic E-state index is 13.9. The van der Waals surface area contributed by atoms with Crippen LogP contribution in [0.15, 0.2) is 49.2 Å². The molecule has 3 heterocycles. The Hall–Kier alpha value is -2.58. The van der Waals surface area contributed by atoms with Crippen molar-refractivity contribution < 1.29 is 18.0 Å². The Morgan fingerprint density at radius 3 is 2.66 bits per heavy atom. The minimum atomic E-state index is -4.60. The third kappa shape index (κ3) is 4.09. The summed E-state index contributed by atoms with van der Waals surface area (Å²) in [5, 5.41) is 3.84. The molecule has 0 saturated carbocycles. The molecule has 0 N–H and O–H groups in total. The zero-order valence-corrected chi connectivity index (χ0v) is 19.1. The summed E-state index contributed by atoms with van der Waals surface area (Å²) in [5.74, 6) is -0.558. The van der Waals surface area contributed by atoms with Gasteiger partial charge in [-0.1, -0.05) is 42.4 Å². The molecule has 4 rings (SSSR count). The van der Waals surface area contributed by atoms with Gasteiger partial charge in [0, 0.05) is 35.1 Å². The van der Waals surface area contributed by atoms with Crippen LogP contribution in [0, 0.1) is 0 Å². The highest BCUT2D eigenvalue weighted by Gasteiger charge is 2.39. The smallest absolute Gasteiger partial charge is 0.333 e. The summed E-state index contributed by atoms with van der Waals surface area (Å²) >= 11 is 7.66. The molecule has 0 aliphatic carbocycles. The van der Waals surface area contributed by atoms with E-state index in [4.69, 9.17) is 11.6 Å². The van der Waals surface area contributed by atoms with E-state index in [9.17, 15) is 18.0 Å². The molecule has 1 aliphatic heterocycles. The summed E-state index contributed by atoms with van der Waals surface area (Å²) in [6, 6.07) is 8.61. The second kappa shape index (κ2) is 8.41. The largest absolute Gasteiger partial charge is 0.435 e. The van der Waals surface area contributed by atoms with Crippen LogP contribution in [0.4, 0.5) is 13.2 Å². The number of carbonyl (C=O) groups excluding carboxylic acids is 1. The fourth-order valence-electron chi connectivity index (χ4n) is 4.06. The minimum absolute atomic E-state index is 0.0249. The first kappa shape index (κ1) is 22.6. The Balaban J connectivity index is 1.90. The van der Waals surface area contributed by atoms with Crippen LogP contribution < -0.4 is 0 Å². The molecule has 0 radical (unpaired) electrons. The Morgan fingerprint density at radius 2 is 2.00 bits per heavy atom. The lowest BCUT2D eigenvalue weighted by molar-refractivity contribution is -0.141. The van der Waals surface area contributed by atoms with Crippen molar-refractivity contribution in [1.82, 2.24) is 14.7 Å². The van der Waals surface area contributed by atoms with Gasteiger partial charge in [0.15, 0.2) is 5.69 Å².